The molecule has 2 bridgehead atoms. The lowest BCUT2D eigenvalue weighted by atomic mass is 9.91. The molecule has 2 aliphatic rings. The van der Waals surface area contributed by atoms with Crippen LogP contribution < -0.4 is 10.1 Å². The summed E-state index contributed by atoms with van der Waals surface area (Å²) < 4.78 is 5.21. The first-order valence-corrected chi connectivity index (χ1v) is 7.96. The van der Waals surface area contributed by atoms with E-state index in [1.165, 1.54) is 25.7 Å². The molecule has 1 aromatic rings. The van der Waals surface area contributed by atoms with Gasteiger partial charge in [0.2, 0.25) is 0 Å². The summed E-state index contributed by atoms with van der Waals surface area (Å²) in [6, 6.07) is 6.97. The summed E-state index contributed by atoms with van der Waals surface area (Å²) in [6.07, 6.45) is 5.36. The number of phenols is 1. The van der Waals surface area contributed by atoms with E-state index in [-0.39, 0.29) is 0 Å². The maximum atomic E-state index is 9.89. The van der Waals surface area contributed by atoms with Crippen LogP contribution in [0.4, 0.5) is 0 Å². The van der Waals surface area contributed by atoms with Crippen LogP contribution in [0.25, 0.3) is 0 Å². The molecule has 0 spiro atoms. The minimum atomic E-state index is 0.340. The highest BCUT2D eigenvalue weighted by molar-refractivity contribution is 5.39. The third-order valence-electron chi connectivity index (χ3n) is 5.23. The zero-order valence-corrected chi connectivity index (χ0v) is 13.0. The molecule has 0 amide bonds. The van der Waals surface area contributed by atoms with Crippen LogP contribution in [0.3, 0.4) is 0 Å². The van der Waals surface area contributed by atoms with E-state index in [4.69, 9.17) is 4.74 Å². The Morgan fingerprint density at radius 1 is 1.29 bits per heavy atom. The first-order valence-electron chi connectivity index (χ1n) is 7.96. The molecule has 2 atom stereocenters. The summed E-state index contributed by atoms with van der Waals surface area (Å²) in [7, 11) is 3.93. The molecule has 0 aliphatic carbocycles. The molecule has 0 aromatic heterocycles. The first-order chi connectivity index (χ1) is 10.2. The third kappa shape index (κ3) is 3.16. The number of benzene rings is 1. The van der Waals surface area contributed by atoms with Crippen LogP contribution in [0, 0.1) is 5.92 Å². The molecule has 2 N–H and O–H groups in total. The van der Waals surface area contributed by atoms with Crippen LogP contribution in [-0.2, 0) is 6.54 Å². The standard InChI is InChI=1S/C17H26N2O2/c1-19-14-3-4-15(19)8-12(7-14)10-18-11-13-9-16(21-2)5-6-17(13)20/h5-6,9,12,14-15,18,20H,3-4,7-8,10-11H2,1-2H3. The second-order valence-electron chi connectivity index (χ2n) is 6.51. The topological polar surface area (TPSA) is 44.7 Å². The molecule has 2 unspecified atom stereocenters. The maximum Gasteiger partial charge on any atom is 0.120 e. The Labute approximate surface area is 127 Å². The fraction of sp³-hybridized carbons (Fsp3) is 0.647. The van der Waals surface area contributed by atoms with Crippen LogP contribution in [-0.4, -0.2) is 42.8 Å². The molecule has 21 heavy (non-hydrogen) atoms. The Bertz CT molecular complexity index is 478. The van der Waals surface area contributed by atoms with Gasteiger partial charge in [0, 0.05) is 24.2 Å². The minimum Gasteiger partial charge on any atom is -0.508 e. The van der Waals surface area contributed by atoms with Gasteiger partial charge in [0.1, 0.15) is 11.5 Å². The fourth-order valence-corrected chi connectivity index (χ4v) is 3.93. The summed E-state index contributed by atoms with van der Waals surface area (Å²) in [4.78, 5) is 2.57. The minimum absolute atomic E-state index is 0.340. The number of fused-ring (bicyclic) bond motifs is 2. The quantitative estimate of drug-likeness (QED) is 0.874. The third-order valence-corrected chi connectivity index (χ3v) is 5.23. The SMILES string of the molecule is COc1ccc(O)c(CNCC2CC3CCC(C2)N3C)c1. The molecule has 2 heterocycles. The Morgan fingerprint density at radius 3 is 2.67 bits per heavy atom. The van der Waals surface area contributed by atoms with Crippen LogP contribution >= 0.6 is 0 Å². The molecule has 0 radical (unpaired) electrons. The average molecular weight is 290 g/mol. The van der Waals surface area contributed by atoms with Crippen molar-refractivity contribution in [2.45, 2.75) is 44.3 Å². The summed E-state index contributed by atoms with van der Waals surface area (Å²) in [6.45, 7) is 1.74. The van der Waals surface area contributed by atoms with Crippen molar-refractivity contribution in [1.29, 1.82) is 0 Å². The number of piperidine rings is 1. The number of ether oxygens (including phenoxy) is 1. The van der Waals surface area contributed by atoms with E-state index in [1.54, 1.807) is 19.2 Å². The number of rotatable bonds is 5. The van der Waals surface area contributed by atoms with E-state index >= 15 is 0 Å². The lowest BCUT2D eigenvalue weighted by Crippen LogP contribution is -2.42. The Morgan fingerprint density at radius 2 is 2.00 bits per heavy atom. The van der Waals surface area contributed by atoms with Gasteiger partial charge in [-0.1, -0.05) is 0 Å². The van der Waals surface area contributed by atoms with Crippen molar-refractivity contribution in [3.05, 3.63) is 23.8 Å². The number of aromatic hydroxyl groups is 1. The number of nitrogens with zero attached hydrogens (tertiary/aromatic N) is 1. The molecular weight excluding hydrogens is 264 g/mol. The van der Waals surface area contributed by atoms with Crippen LogP contribution in [0.2, 0.25) is 0 Å². The van der Waals surface area contributed by atoms with E-state index in [9.17, 15) is 5.11 Å². The van der Waals surface area contributed by atoms with E-state index in [0.717, 1.165) is 35.9 Å². The molecule has 1 aromatic carbocycles. The molecule has 2 aliphatic heterocycles. The second kappa shape index (κ2) is 6.24. The number of phenolic OH excluding ortho intramolecular Hbond substituents is 1. The van der Waals surface area contributed by atoms with Crippen molar-refractivity contribution in [3.63, 3.8) is 0 Å². The average Bonchev–Trinajstić information content (AvgIpc) is 2.71. The van der Waals surface area contributed by atoms with Gasteiger partial charge in [-0.2, -0.15) is 0 Å². The van der Waals surface area contributed by atoms with E-state index in [1.807, 2.05) is 6.07 Å². The molecule has 4 nitrogen and oxygen atoms in total. The zero-order valence-electron chi connectivity index (χ0n) is 13.0. The smallest absolute Gasteiger partial charge is 0.120 e. The molecule has 116 valence electrons. The molecule has 2 saturated heterocycles. The molecule has 2 fully saturated rings. The summed E-state index contributed by atoms with van der Waals surface area (Å²) in [5.74, 6) is 1.90. The van der Waals surface area contributed by atoms with Crippen LogP contribution in [0.1, 0.15) is 31.2 Å². The Hall–Kier alpha value is -1.26. The lowest BCUT2D eigenvalue weighted by Gasteiger charge is -2.36. The highest BCUT2D eigenvalue weighted by Gasteiger charge is 2.37. The van der Waals surface area contributed by atoms with Crippen molar-refractivity contribution < 1.29 is 9.84 Å². The first kappa shape index (κ1) is 14.7. The monoisotopic (exact) mass is 290 g/mol. The summed E-state index contributed by atoms with van der Waals surface area (Å²) in [5, 5.41) is 13.4. The van der Waals surface area contributed by atoms with Gasteiger partial charge >= 0.3 is 0 Å². The maximum absolute atomic E-state index is 9.89. The van der Waals surface area contributed by atoms with Gasteiger partial charge in [-0.15, -0.1) is 0 Å². The molecule has 4 heteroatoms. The molecule has 3 rings (SSSR count). The van der Waals surface area contributed by atoms with Gasteiger partial charge in [-0.3, -0.25) is 0 Å². The second-order valence-corrected chi connectivity index (χ2v) is 6.51. The largest absolute Gasteiger partial charge is 0.508 e. The van der Waals surface area contributed by atoms with Gasteiger partial charge in [0.25, 0.3) is 0 Å². The van der Waals surface area contributed by atoms with Gasteiger partial charge in [0.05, 0.1) is 7.11 Å². The highest BCUT2D eigenvalue weighted by Crippen LogP contribution is 2.37. The normalized spacial score (nSPS) is 28.8. The Balaban J connectivity index is 1.50. The van der Waals surface area contributed by atoms with Crippen molar-refractivity contribution in [1.82, 2.24) is 10.2 Å². The van der Waals surface area contributed by atoms with E-state index in [0.29, 0.717) is 12.3 Å². The number of hydrogen-bond acceptors (Lipinski definition) is 4. The molecular formula is C17H26N2O2. The number of methoxy groups -OCH3 is 1. The number of hydrogen-bond donors (Lipinski definition) is 2. The summed E-state index contributed by atoms with van der Waals surface area (Å²) in [5.41, 5.74) is 0.908. The fourth-order valence-electron chi connectivity index (χ4n) is 3.93. The van der Waals surface area contributed by atoms with Crippen molar-refractivity contribution in [2.24, 2.45) is 5.92 Å². The van der Waals surface area contributed by atoms with Gasteiger partial charge in [0.15, 0.2) is 0 Å². The lowest BCUT2D eigenvalue weighted by molar-refractivity contribution is 0.133. The van der Waals surface area contributed by atoms with Gasteiger partial charge < -0.3 is 20.1 Å². The highest BCUT2D eigenvalue weighted by atomic mass is 16.5. The summed E-state index contributed by atoms with van der Waals surface area (Å²) >= 11 is 0. The van der Waals surface area contributed by atoms with Crippen LogP contribution in [0.5, 0.6) is 11.5 Å². The predicted molar refractivity (Wildman–Crippen MR) is 83.7 cm³/mol. The van der Waals surface area contributed by atoms with Gasteiger partial charge in [-0.25, -0.2) is 0 Å². The number of nitrogens with one attached hydrogen (secondary N) is 1. The zero-order chi connectivity index (χ0) is 14.8. The predicted octanol–water partition coefficient (Wildman–Crippen LogP) is 2.36. The van der Waals surface area contributed by atoms with Gasteiger partial charge in [-0.05, 0) is 63.4 Å². The Kier molecular flexibility index (Phi) is 4.36. The van der Waals surface area contributed by atoms with Crippen LogP contribution in [0.15, 0.2) is 18.2 Å². The van der Waals surface area contributed by atoms with E-state index in [2.05, 4.69) is 17.3 Å². The van der Waals surface area contributed by atoms with Crippen molar-refractivity contribution >= 4 is 0 Å². The van der Waals surface area contributed by atoms with Crippen molar-refractivity contribution in [2.75, 3.05) is 20.7 Å². The van der Waals surface area contributed by atoms with Crippen molar-refractivity contribution in [3.8, 4) is 11.5 Å². The molecule has 0 saturated carbocycles. The van der Waals surface area contributed by atoms with E-state index < -0.39 is 0 Å².